The highest BCUT2D eigenvalue weighted by atomic mass is 16.6. The van der Waals surface area contributed by atoms with Crippen LogP contribution in [-0.2, 0) is 22.5 Å². The van der Waals surface area contributed by atoms with Gasteiger partial charge in [-0.1, -0.05) is 107 Å². The van der Waals surface area contributed by atoms with Gasteiger partial charge < -0.3 is 14.0 Å². The van der Waals surface area contributed by atoms with Crippen LogP contribution in [0, 0.1) is 5.92 Å². The van der Waals surface area contributed by atoms with Gasteiger partial charge in [-0.3, -0.25) is 4.79 Å². The maximum Gasteiger partial charge on any atom is 0.314 e. The van der Waals surface area contributed by atoms with Crippen molar-refractivity contribution in [2.75, 3.05) is 27.2 Å². The molecule has 0 bridgehead atoms. The van der Waals surface area contributed by atoms with E-state index in [2.05, 4.69) is 63.5 Å². The number of hydrogen-bond acceptors (Lipinski definition) is 3. The van der Waals surface area contributed by atoms with E-state index in [1.54, 1.807) is 0 Å². The molecule has 2 aromatic carbocycles. The Morgan fingerprint density at radius 1 is 0.789 bits per heavy atom. The fourth-order valence-electron chi connectivity index (χ4n) is 5.16. The molecule has 0 heterocycles. The molecule has 0 saturated carbocycles. The molecule has 0 amide bonds. The summed E-state index contributed by atoms with van der Waals surface area (Å²) in [6.45, 7) is 8.06. The Hall–Kier alpha value is -2.33. The largest absolute Gasteiger partial charge is 0.487 e. The maximum atomic E-state index is 12.7. The number of unbranched alkanes of at least 4 members (excludes halogenated alkanes) is 9. The molecule has 0 radical (unpaired) electrons. The highest BCUT2D eigenvalue weighted by Crippen LogP contribution is 2.19. The van der Waals surface area contributed by atoms with Crippen molar-refractivity contribution in [3.63, 3.8) is 0 Å². The molecule has 4 nitrogen and oxygen atoms in total. The van der Waals surface area contributed by atoms with Crippen LogP contribution in [0.15, 0.2) is 54.6 Å². The van der Waals surface area contributed by atoms with E-state index in [1.165, 1.54) is 75.3 Å². The normalized spacial score (nSPS) is 13.2. The molecule has 2 atom stereocenters. The molecule has 0 aromatic heterocycles. The fourth-order valence-corrected chi connectivity index (χ4v) is 5.16. The molecule has 2 unspecified atom stereocenters. The third-order valence-corrected chi connectivity index (χ3v) is 7.14. The topological polar surface area (TPSA) is 35.5 Å². The number of aryl methyl sites for hydroxylation is 1. The lowest BCUT2D eigenvalue weighted by Crippen LogP contribution is -2.44. The Bertz CT molecular complexity index is 896. The van der Waals surface area contributed by atoms with Crippen LogP contribution < -0.4 is 4.74 Å². The van der Waals surface area contributed by atoms with Crippen molar-refractivity contribution in [3.05, 3.63) is 65.7 Å². The zero-order chi connectivity index (χ0) is 27.6. The quantitative estimate of drug-likeness (QED) is 0.0991. The predicted octanol–water partition coefficient (Wildman–Crippen LogP) is 8.37. The van der Waals surface area contributed by atoms with Gasteiger partial charge in [0.1, 0.15) is 30.9 Å². The summed E-state index contributed by atoms with van der Waals surface area (Å²) in [5.41, 5.74) is 2.59. The summed E-state index contributed by atoms with van der Waals surface area (Å²) in [5, 5.41) is 0. The molecule has 38 heavy (non-hydrogen) atoms. The van der Waals surface area contributed by atoms with Gasteiger partial charge in [0.05, 0.1) is 20.6 Å². The number of ether oxygens (including phenoxy) is 2. The first-order chi connectivity index (χ1) is 18.3. The highest BCUT2D eigenvalue weighted by molar-refractivity contribution is 5.72. The van der Waals surface area contributed by atoms with Crippen molar-refractivity contribution in [1.82, 2.24) is 0 Å². The number of carbonyl (C=O) groups is 1. The minimum atomic E-state index is -0.189. The van der Waals surface area contributed by atoms with E-state index in [1.807, 2.05) is 26.0 Å². The summed E-state index contributed by atoms with van der Waals surface area (Å²) in [6.07, 6.45) is 14.4. The lowest BCUT2D eigenvalue weighted by molar-refractivity contribution is -0.905. The van der Waals surface area contributed by atoms with Crippen molar-refractivity contribution in [3.8, 4) is 5.75 Å². The first-order valence-corrected chi connectivity index (χ1v) is 15.1. The number of nitrogens with zero attached hydrogens (tertiary/aromatic N) is 1. The minimum Gasteiger partial charge on any atom is -0.487 e. The van der Waals surface area contributed by atoms with E-state index >= 15 is 0 Å². The van der Waals surface area contributed by atoms with Gasteiger partial charge in [-0.2, -0.15) is 0 Å². The summed E-state index contributed by atoms with van der Waals surface area (Å²) in [7, 11) is 4.32. The lowest BCUT2D eigenvalue weighted by atomic mass is 10.0. The Morgan fingerprint density at radius 2 is 1.39 bits per heavy atom. The number of benzene rings is 2. The highest BCUT2D eigenvalue weighted by Gasteiger charge is 2.26. The zero-order valence-corrected chi connectivity index (χ0v) is 24.9. The molecule has 0 N–H and O–H groups in total. The van der Waals surface area contributed by atoms with Crippen LogP contribution in [0.1, 0.15) is 96.1 Å². The number of carbonyl (C=O) groups excluding carboxylic acids is 1. The van der Waals surface area contributed by atoms with Crippen molar-refractivity contribution in [2.24, 2.45) is 5.92 Å². The Labute approximate surface area is 233 Å². The summed E-state index contributed by atoms with van der Waals surface area (Å²) in [5.74, 6) is 0.520. The molecule has 0 aliphatic carbocycles. The smallest absolute Gasteiger partial charge is 0.314 e. The summed E-state index contributed by atoms with van der Waals surface area (Å²) >= 11 is 0. The number of rotatable bonds is 20. The van der Waals surface area contributed by atoms with Crippen molar-refractivity contribution < 1.29 is 18.8 Å². The van der Waals surface area contributed by atoms with Crippen molar-refractivity contribution >= 4 is 5.97 Å². The van der Waals surface area contributed by atoms with Crippen LogP contribution in [0.4, 0.5) is 0 Å². The van der Waals surface area contributed by atoms with Crippen molar-refractivity contribution in [1.29, 1.82) is 0 Å². The monoisotopic (exact) mass is 524 g/mol. The van der Waals surface area contributed by atoms with Gasteiger partial charge in [0.25, 0.3) is 0 Å². The molecule has 2 aromatic rings. The fraction of sp³-hybridized carbons (Fsp3) is 0.618. The van der Waals surface area contributed by atoms with E-state index in [0.29, 0.717) is 0 Å². The SMILES string of the molecule is CCCCCCCCCCCCc1cccc(OC(C)COC(=O)C(C)C[N+](C)(C)Cc2ccccc2)c1. The first-order valence-electron chi connectivity index (χ1n) is 15.1. The van der Waals surface area contributed by atoms with Gasteiger partial charge >= 0.3 is 5.97 Å². The Balaban J connectivity index is 1.64. The number of quaternary nitrogens is 1. The van der Waals surface area contributed by atoms with Gasteiger partial charge in [-0.15, -0.1) is 0 Å². The predicted molar refractivity (Wildman–Crippen MR) is 159 cm³/mol. The Kier molecular flexibility index (Phi) is 15.1. The van der Waals surface area contributed by atoms with Crippen LogP contribution in [0.2, 0.25) is 0 Å². The van der Waals surface area contributed by atoms with E-state index in [0.717, 1.165) is 29.7 Å². The minimum absolute atomic E-state index is 0.158. The maximum absolute atomic E-state index is 12.7. The summed E-state index contributed by atoms with van der Waals surface area (Å²) < 4.78 is 12.4. The molecule has 0 spiro atoms. The third kappa shape index (κ3) is 14.0. The molecule has 212 valence electrons. The lowest BCUT2D eigenvalue weighted by Gasteiger charge is -2.32. The molecule has 0 aliphatic heterocycles. The molecular weight excluding hydrogens is 470 g/mol. The average molecular weight is 525 g/mol. The molecule has 0 aliphatic rings. The van der Waals surface area contributed by atoms with E-state index in [4.69, 9.17) is 9.47 Å². The molecule has 2 rings (SSSR count). The van der Waals surface area contributed by atoms with Gasteiger partial charge in [-0.05, 0) is 44.4 Å². The molecular formula is C34H54NO3+. The van der Waals surface area contributed by atoms with Crippen LogP contribution in [-0.4, -0.2) is 43.8 Å². The molecule has 0 saturated heterocycles. The van der Waals surface area contributed by atoms with E-state index in [9.17, 15) is 4.79 Å². The zero-order valence-electron chi connectivity index (χ0n) is 24.9. The summed E-state index contributed by atoms with van der Waals surface area (Å²) in [6, 6.07) is 18.8. The van der Waals surface area contributed by atoms with Gasteiger partial charge in [0, 0.05) is 5.56 Å². The van der Waals surface area contributed by atoms with Gasteiger partial charge in [-0.25, -0.2) is 0 Å². The second-order valence-corrected chi connectivity index (χ2v) is 11.8. The van der Waals surface area contributed by atoms with Gasteiger partial charge in [0.2, 0.25) is 0 Å². The average Bonchev–Trinajstić information content (AvgIpc) is 2.88. The van der Waals surface area contributed by atoms with Crippen LogP contribution >= 0.6 is 0 Å². The first kappa shape index (κ1) is 31.9. The Morgan fingerprint density at radius 3 is 2.05 bits per heavy atom. The van der Waals surface area contributed by atoms with Crippen molar-refractivity contribution in [2.45, 2.75) is 104 Å². The summed E-state index contributed by atoms with van der Waals surface area (Å²) in [4.78, 5) is 12.7. The van der Waals surface area contributed by atoms with E-state index in [-0.39, 0.29) is 24.6 Å². The van der Waals surface area contributed by atoms with E-state index < -0.39 is 0 Å². The van der Waals surface area contributed by atoms with Crippen LogP contribution in [0.5, 0.6) is 5.75 Å². The van der Waals surface area contributed by atoms with Crippen LogP contribution in [0.3, 0.4) is 0 Å². The molecule has 4 heteroatoms. The molecule has 0 fully saturated rings. The second-order valence-electron chi connectivity index (χ2n) is 11.8. The second kappa shape index (κ2) is 18.0. The van der Waals surface area contributed by atoms with Crippen LogP contribution in [0.25, 0.3) is 0 Å². The third-order valence-electron chi connectivity index (χ3n) is 7.14. The number of hydrogen-bond donors (Lipinski definition) is 0. The number of esters is 1. The van der Waals surface area contributed by atoms with Gasteiger partial charge in [0.15, 0.2) is 0 Å². The standard InChI is InChI=1S/C34H54NO3/c1-6-7-8-9-10-11-12-13-14-16-20-31-23-19-24-33(25-31)38-30(3)28-37-34(36)29(2)26-35(4,5)27-32-21-17-15-18-22-32/h15,17-19,21-25,29-30H,6-14,16,20,26-28H2,1-5H3/q+1.